The number of nitrogens with zero attached hydrogens (tertiary/aromatic N) is 2. The quantitative estimate of drug-likeness (QED) is 0.883. The van der Waals surface area contributed by atoms with Crippen molar-refractivity contribution < 1.29 is 4.74 Å². The number of ether oxygens (including phenoxy) is 1. The number of pyridine rings is 1. The van der Waals surface area contributed by atoms with Crippen LogP contribution in [-0.2, 0) is 0 Å². The molecule has 2 heterocycles. The molecule has 128 valence electrons. The summed E-state index contributed by atoms with van der Waals surface area (Å²) in [4.78, 5) is 6.56. The number of methoxy groups -OCH3 is 1. The van der Waals surface area contributed by atoms with Crippen LogP contribution in [0.25, 0.3) is 0 Å². The van der Waals surface area contributed by atoms with Gasteiger partial charge >= 0.3 is 0 Å². The van der Waals surface area contributed by atoms with Gasteiger partial charge in [-0.25, -0.2) is 0 Å². The highest BCUT2D eigenvalue weighted by atomic mass is 16.5. The van der Waals surface area contributed by atoms with Crippen LogP contribution < -0.4 is 10.1 Å². The highest BCUT2D eigenvalue weighted by Crippen LogP contribution is 2.36. The number of rotatable bonds is 6. The van der Waals surface area contributed by atoms with Crippen LogP contribution in [0.2, 0.25) is 0 Å². The predicted octanol–water partition coefficient (Wildman–Crippen LogP) is 3.43. The van der Waals surface area contributed by atoms with Gasteiger partial charge < -0.3 is 10.1 Å². The molecule has 1 saturated heterocycles. The fourth-order valence-electron chi connectivity index (χ4n) is 3.67. The summed E-state index contributed by atoms with van der Waals surface area (Å²) in [5, 5.41) is 3.70. The van der Waals surface area contributed by atoms with Crippen LogP contribution in [0.15, 0.2) is 48.8 Å². The van der Waals surface area contributed by atoms with E-state index in [0.29, 0.717) is 18.0 Å². The smallest absolute Gasteiger partial charge is 0.118 e. The largest absolute Gasteiger partial charge is 0.497 e. The Morgan fingerprint density at radius 2 is 1.92 bits per heavy atom. The van der Waals surface area contributed by atoms with Gasteiger partial charge in [-0.1, -0.05) is 12.1 Å². The van der Waals surface area contributed by atoms with E-state index in [2.05, 4.69) is 65.6 Å². The summed E-state index contributed by atoms with van der Waals surface area (Å²) in [5.74, 6) is 1.54. The lowest BCUT2D eigenvalue weighted by atomic mass is 9.93. The molecular weight excluding hydrogens is 298 g/mol. The molecule has 0 unspecified atom stereocenters. The number of hydrogen-bond acceptors (Lipinski definition) is 4. The molecule has 0 radical (unpaired) electrons. The van der Waals surface area contributed by atoms with Gasteiger partial charge in [-0.2, -0.15) is 0 Å². The van der Waals surface area contributed by atoms with Crippen LogP contribution >= 0.6 is 0 Å². The molecule has 4 nitrogen and oxygen atoms in total. The molecule has 24 heavy (non-hydrogen) atoms. The Morgan fingerprint density at radius 3 is 2.58 bits per heavy atom. The lowest BCUT2D eigenvalue weighted by Gasteiger charge is -2.27. The highest BCUT2D eigenvalue weighted by Gasteiger charge is 2.32. The first-order valence-electron chi connectivity index (χ1n) is 8.66. The molecule has 1 aromatic carbocycles. The maximum Gasteiger partial charge on any atom is 0.118 e. The normalized spacial score (nSPS) is 22.5. The van der Waals surface area contributed by atoms with Crippen molar-refractivity contribution >= 4 is 0 Å². The van der Waals surface area contributed by atoms with Gasteiger partial charge in [0.05, 0.1) is 7.11 Å². The third-order valence-electron chi connectivity index (χ3n) is 5.12. The number of likely N-dealkylation sites (tertiary alicyclic amines) is 1. The van der Waals surface area contributed by atoms with E-state index < -0.39 is 0 Å². The third-order valence-corrected chi connectivity index (χ3v) is 5.12. The number of nitrogens with one attached hydrogen (secondary N) is 1. The van der Waals surface area contributed by atoms with Crippen LogP contribution in [0.5, 0.6) is 5.75 Å². The molecule has 0 bridgehead atoms. The van der Waals surface area contributed by atoms with E-state index in [1.807, 2.05) is 12.4 Å². The highest BCUT2D eigenvalue weighted by molar-refractivity contribution is 5.30. The number of hydrogen-bond donors (Lipinski definition) is 1. The molecule has 0 aliphatic carbocycles. The maximum atomic E-state index is 5.28. The Labute approximate surface area is 144 Å². The van der Waals surface area contributed by atoms with Crippen LogP contribution in [0.3, 0.4) is 0 Å². The monoisotopic (exact) mass is 325 g/mol. The van der Waals surface area contributed by atoms with Crippen molar-refractivity contribution in [2.24, 2.45) is 5.92 Å². The fraction of sp³-hybridized carbons (Fsp3) is 0.450. The minimum atomic E-state index is 0.343. The van der Waals surface area contributed by atoms with Gasteiger partial charge in [0.15, 0.2) is 0 Å². The Kier molecular flexibility index (Phi) is 5.48. The molecule has 1 aliphatic heterocycles. The zero-order chi connectivity index (χ0) is 16.9. The standard InChI is InChI=1S/C20H27N3O/c1-15(16-8-11-21-12-9-16)22-14-18-10-13-23(2)20(18)17-4-6-19(24-3)7-5-17/h4-9,11-12,15,18,20,22H,10,13-14H2,1-3H3/t15-,18+,20+/m0/s1. The summed E-state index contributed by atoms with van der Waals surface area (Å²) in [6, 6.07) is 13.5. The zero-order valence-electron chi connectivity index (χ0n) is 14.8. The average Bonchev–Trinajstić information content (AvgIpc) is 3.01. The van der Waals surface area contributed by atoms with E-state index in [1.165, 1.54) is 17.5 Å². The van der Waals surface area contributed by atoms with Gasteiger partial charge in [-0.15, -0.1) is 0 Å². The second-order valence-corrected chi connectivity index (χ2v) is 6.66. The van der Waals surface area contributed by atoms with E-state index in [0.717, 1.165) is 18.8 Å². The molecule has 4 heteroatoms. The average molecular weight is 325 g/mol. The van der Waals surface area contributed by atoms with Crippen molar-refractivity contribution in [3.63, 3.8) is 0 Å². The van der Waals surface area contributed by atoms with Crippen LogP contribution in [0, 0.1) is 5.92 Å². The van der Waals surface area contributed by atoms with Crippen molar-refractivity contribution in [1.29, 1.82) is 0 Å². The van der Waals surface area contributed by atoms with Crippen molar-refractivity contribution in [3.05, 3.63) is 59.9 Å². The molecular formula is C20H27N3O. The van der Waals surface area contributed by atoms with Gasteiger partial charge in [-0.3, -0.25) is 9.88 Å². The Balaban J connectivity index is 1.65. The van der Waals surface area contributed by atoms with Crippen LogP contribution in [-0.4, -0.2) is 37.1 Å². The summed E-state index contributed by atoms with van der Waals surface area (Å²) in [5.41, 5.74) is 2.66. The first kappa shape index (κ1) is 16.9. The molecule has 0 saturated carbocycles. The van der Waals surface area contributed by atoms with Crippen LogP contribution in [0.4, 0.5) is 0 Å². The second kappa shape index (κ2) is 7.77. The summed E-state index contributed by atoms with van der Waals surface area (Å²) in [6.45, 7) is 4.38. The fourth-order valence-corrected chi connectivity index (χ4v) is 3.67. The first-order valence-corrected chi connectivity index (χ1v) is 8.66. The summed E-state index contributed by atoms with van der Waals surface area (Å²) in [6.07, 6.45) is 4.94. The lowest BCUT2D eigenvalue weighted by Crippen LogP contribution is -2.30. The first-order chi connectivity index (χ1) is 11.7. The zero-order valence-corrected chi connectivity index (χ0v) is 14.8. The minimum absolute atomic E-state index is 0.343. The second-order valence-electron chi connectivity index (χ2n) is 6.66. The molecule has 1 aromatic heterocycles. The summed E-state index contributed by atoms with van der Waals surface area (Å²) in [7, 11) is 3.94. The number of aromatic nitrogens is 1. The van der Waals surface area contributed by atoms with Gasteiger partial charge in [0.2, 0.25) is 0 Å². The molecule has 0 amide bonds. The van der Waals surface area contributed by atoms with E-state index in [4.69, 9.17) is 4.74 Å². The molecule has 1 N–H and O–H groups in total. The minimum Gasteiger partial charge on any atom is -0.497 e. The van der Waals surface area contributed by atoms with E-state index >= 15 is 0 Å². The topological polar surface area (TPSA) is 37.4 Å². The van der Waals surface area contributed by atoms with Gasteiger partial charge in [-0.05, 0) is 68.2 Å². The Morgan fingerprint density at radius 1 is 1.21 bits per heavy atom. The van der Waals surface area contributed by atoms with Gasteiger partial charge in [0.1, 0.15) is 5.75 Å². The Hall–Kier alpha value is -1.91. The molecule has 2 aromatic rings. The van der Waals surface area contributed by atoms with Crippen LogP contribution in [0.1, 0.15) is 36.6 Å². The van der Waals surface area contributed by atoms with Crippen molar-refractivity contribution in [2.45, 2.75) is 25.4 Å². The molecule has 3 atom stereocenters. The van der Waals surface area contributed by atoms with Gasteiger partial charge in [0, 0.05) is 31.0 Å². The summed E-state index contributed by atoms with van der Waals surface area (Å²) >= 11 is 0. The molecule has 1 fully saturated rings. The number of benzene rings is 1. The Bertz CT molecular complexity index is 629. The van der Waals surface area contributed by atoms with Gasteiger partial charge in [0.25, 0.3) is 0 Å². The predicted molar refractivity (Wildman–Crippen MR) is 97.1 cm³/mol. The van der Waals surface area contributed by atoms with Crippen molar-refractivity contribution in [2.75, 3.05) is 27.2 Å². The summed E-state index contributed by atoms with van der Waals surface area (Å²) < 4.78 is 5.28. The van der Waals surface area contributed by atoms with E-state index in [9.17, 15) is 0 Å². The van der Waals surface area contributed by atoms with Crippen molar-refractivity contribution in [1.82, 2.24) is 15.2 Å². The molecule has 0 spiro atoms. The molecule has 1 aliphatic rings. The van der Waals surface area contributed by atoms with Crippen molar-refractivity contribution in [3.8, 4) is 5.75 Å². The van der Waals surface area contributed by atoms with E-state index in [-0.39, 0.29) is 0 Å². The van der Waals surface area contributed by atoms with E-state index in [1.54, 1.807) is 7.11 Å². The lowest BCUT2D eigenvalue weighted by molar-refractivity contribution is 0.268. The molecule has 3 rings (SSSR count). The third kappa shape index (κ3) is 3.77. The maximum absolute atomic E-state index is 5.28. The SMILES string of the molecule is COc1ccc([C@@H]2[C@@H](CN[C@@H](C)c3ccncc3)CCN2C)cc1.